The predicted octanol–water partition coefficient (Wildman–Crippen LogP) is 1.72. The number of thiazole rings is 1. The number of aromatic nitrogens is 1. The zero-order chi connectivity index (χ0) is 10.5. The van der Waals surface area contributed by atoms with E-state index in [1.807, 2.05) is 11.6 Å². The van der Waals surface area contributed by atoms with Gasteiger partial charge in [-0.3, -0.25) is 4.90 Å². The minimum absolute atomic E-state index is 0.684. The Hall–Kier alpha value is -0.450. The molecule has 0 aliphatic carbocycles. The lowest BCUT2D eigenvalue weighted by Gasteiger charge is -2.27. The smallest absolute Gasteiger partial charge is 0.107 e. The molecule has 0 saturated carbocycles. The maximum atomic E-state index is 4.31. The minimum atomic E-state index is 0.684. The molecule has 1 N–H and O–H groups in total. The molecule has 2 rings (SSSR count). The molecule has 1 aliphatic rings. The lowest BCUT2D eigenvalue weighted by atomic mass is 10.0. The second-order valence-corrected chi connectivity index (χ2v) is 5.25. The van der Waals surface area contributed by atoms with E-state index in [-0.39, 0.29) is 0 Å². The molecule has 1 aromatic heterocycles. The summed E-state index contributed by atoms with van der Waals surface area (Å²) in [5, 5.41) is 6.83. The largest absolute Gasteiger partial charge is 0.313 e. The van der Waals surface area contributed by atoms with Crippen molar-refractivity contribution in [2.75, 3.05) is 20.1 Å². The number of hydrogen-bond donors (Lipinski definition) is 1. The van der Waals surface area contributed by atoms with Crippen LogP contribution in [0, 0.1) is 0 Å². The average Bonchev–Trinajstić information content (AvgIpc) is 2.71. The fraction of sp³-hybridized carbons (Fsp3) is 0.727. The lowest BCUT2D eigenvalue weighted by Crippen LogP contribution is -2.42. The SMILES string of the molecule is CN(Cc1nccs1)CC1CCCCN1. The summed E-state index contributed by atoms with van der Waals surface area (Å²) in [4.78, 5) is 6.67. The van der Waals surface area contributed by atoms with Crippen molar-refractivity contribution >= 4 is 11.3 Å². The molecule has 15 heavy (non-hydrogen) atoms. The summed E-state index contributed by atoms with van der Waals surface area (Å²) in [6.45, 7) is 3.31. The molecule has 0 spiro atoms. The number of piperidine rings is 1. The van der Waals surface area contributed by atoms with Crippen LogP contribution >= 0.6 is 11.3 Å². The highest BCUT2D eigenvalue weighted by Crippen LogP contribution is 2.11. The highest BCUT2D eigenvalue weighted by molar-refractivity contribution is 7.09. The summed E-state index contributed by atoms with van der Waals surface area (Å²) in [5.74, 6) is 0. The van der Waals surface area contributed by atoms with Crippen molar-refractivity contribution < 1.29 is 0 Å². The van der Waals surface area contributed by atoms with Crippen LogP contribution in [-0.4, -0.2) is 36.1 Å². The summed E-state index contributed by atoms with van der Waals surface area (Å²) < 4.78 is 0. The summed E-state index contributed by atoms with van der Waals surface area (Å²) in [7, 11) is 2.18. The Labute approximate surface area is 95.5 Å². The van der Waals surface area contributed by atoms with E-state index in [0.717, 1.165) is 13.1 Å². The lowest BCUT2D eigenvalue weighted by molar-refractivity contribution is 0.256. The Morgan fingerprint density at radius 1 is 1.60 bits per heavy atom. The van der Waals surface area contributed by atoms with Crippen LogP contribution in [0.15, 0.2) is 11.6 Å². The standard InChI is InChI=1S/C11H19N3S/c1-14(9-11-13-6-7-15-11)8-10-4-2-3-5-12-10/h6-7,10,12H,2-5,8-9H2,1H3. The molecule has 84 valence electrons. The second-order valence-electron chi connectivity index (χ2n) is 4.27. The Morgan fingerprint density at radius 2 is 2.53 bits per heavy atom. The third-order valence-electron chi connectivity index (χ3n) is 2.83. The van der Waals surface area contributed by atoms with Gasteiger partial charge in [0.1, 0.15) is 5.01 Å². The highest BCUT2D eigenvalue weighted by Gasteiger charge is 2.14. The number of rotatable bonds is 4. The van der Waals surface area contributed by atoms with Crippen molar-refractivity contribution in [1.82, 2.24) is 15.2 Å². The first-order valence-corrected chi connectivity index (χ1v) is 6.53. The fourth-order valence-electron chi connectivity index (χ4n) is 2.08. The molecule has 2 heterocycles. The number of likely N-dealkylation sites (N-methyl/N-ethyl adjacent to an activating group) is 1. The van der Waals surface area contributed by atoms with Crippen molar-refractivity contribution in [3.05, 3.63) is 16.6 Å². The molecule has 0 amide bonds. The van der Waals surface area contributed by atoms with Crippen molar-refractivity contribution in [3.8, 4) is 0 Å². The van der Waals surface area contributed by atoms with Gasteiger partial charge in [-0.25, -0.2) is 4.98 Å². The maximum Gasteiger partial charge on any atom is 0.107 e. The van der Waals surface area contributed by atoms with Crippen molar-refractivity contribution in [3.63, 3.8) is 0 Å². The topological polar surface area (TPSA) is 28.2 Å². The predicted molar refractivity (Wildman–Crippen MR) is 64.1 cm³/mol. The number of hydrogen-bond acceptors (Lipinski definition) is 4. The van der Waals surface area contributed by atoms with E-state index in [0.29, 0.717) is 6.04 Å². The van der Waals surface area contributed by atoms with E-state index in [1.54, 1.807) is 11.3 Å². The molecule has 1 fully saturated rings. The van der Waals surface area contributed by atoms with Gasteiger partial charge in [-0.05, 0) is 26.4 Å². The van der Waals surface area contributed by atoms with E-state index >= 15 is 0 Å². The van der Waals surface area contributed by atoms with Gasteiger partial charge in [0.15, 0.2) is 0 Å². The van der Waals surface area contributed by atoms with Crippen LogP contribution in [0.4, 0.5) is 0 Å². The van der Waals surface area contributed by atoms with Crippen molar-refractivity contribution in [2.24, 2.45) is 0 Å². The van der Waals surface area contributed by atoms with Gasteiger partial charge < -0.3 is 5.32 Å². The fourth-order valence-corrected chi connectivity index (χ4v) is 2.78. The van der Waals surface area contributed by atoms with Crippen molar-refractivity contribution in [1.29, 1.82) is 0 Å². The first-order valence-electron chi connectivity index (χ1n) is 5.65. The third kappa shape index (κ3) is 3.55. The quantitative estimate of drug-likeness (QED) is 0.845. The zero-order valence-corrected chi connectivity index (χ0v) is 10.1. The second kappa shape index (κ2) is 5.58. The van der Waals surface area contributed by atoms with Crippen LogP contribution in [0.5, 0.6) is 0 Å². The third-order valence-corrected chi connectivity index (χ3v) is 3.60. The van der Waals surface area contributed by atoms with Crippen LogP contribution < -0.4 is 5.32 Å². The summed E-state index contributed by atoms with van der Waals surface area (Å²) in [6.07, 6.45) is 5.92. The van der Waals surface area contributed by atoms with Crippen LogP contribution in [0.25, 0.3) is 0 Å². The monoisotopic (exact) mass is 225 g/mol. The molecular formula is C11H19N3S. The molecule has 1 unspecified atom stereocenters. The van der Waals surface area contributed by atoms with Gasteiger partial charge in [0, 0.05) is 24.2 Å². The molecular weight excluding hydrogens is 206 g/mol. The van der Waals surface area contributed by atoms with Crippen LogP contribution in [0.2, 0.25) is 0 Å². The van der Waals surface area contributed by atoms with Crippen molar-refractivity contribution in [2.45, 2.75) is 31.8 Å². The van der Waals surface area contributed by atoms with E-state index in [2.05, 4.69) is 22.2 Å². The molecule has 0 aromatic carbocycles. The molecule has 0 bridgehead atoms. The van der Waals surface area contributed by atoms with E-state index < -0.39 is 0 Å². The molecule has 3 nitrogen and oxygen atoms in total. The van der Waals surface area contributed by atoms with E-state index in [4.69, 9.17) is 0 Å². The highest BCUT2D eigenvalue weighted by atomic mass is 32.1. The van der Waals surface area contributed by atoms with Gasteiger partial charge in [-0.1, -0.05) is 6.42 Å². The Bertz CT molecular complexity index is 267. The van der Waals surface area contributed by atoms with Crippen LogP contribution in [-0.2, 0) is 6.54 Å². The molecule has 1 aliphatic heterocycles. The summed E-state index contributed by atoms with van der Waals surface area (Å²) in [6, 6.07) is 0.684. The molecule has 1 atom stereocenters. The van der Waals surface area contributed by atoms with Gasteiger partial charge in [0.25, 0.3) is 0 Å². The first kappa shape index (κ1) is 11.0. The molecule has 4 heteroatoms. The normalized spacial score (nSPS) is 22.1. The van der Waals surface area contributed by atoms with Gasteiger partial charge in [-0.2, -0.15) is 0 Å². The Morgan fingerprint density at radius 3 is 3.20 bits per heavy atom. The van der Waals surface area contributed by atoms with Crippen LogP contribution in [0.1, 0.15) is 24.3 Å². The number of nitrogens with one attached hydrogen (secondary N) is 1. The van der Waals surface area contributed by atoms with Gasteiger partial charge in [0.2, 0.25) is 0 Å². The average molecular weight is 225 g/mol. The number of nitrogens with zero attached hydrogens (tertiary/aromatic N) is 2. The summed E-state index contributed by atoms with van der Waals surface area (Å²) >= 11 is 1.74. The Kier molecular flexibility index (Phi) is 4.11. The van der Waals surface area contributed by atoms with E-state index in [9.17, 15) is 0 Å². The van der Waals surface area contributed by atoms with Gasteiger partial charge >= 0.3 is 0 Å². The molecule has 0 radical (unpaired) electrons. The van der Waals surface area contributed by atoms with Gasteiger partial charge in [0.05, 0.1) is 6.54 Å². The Balaban J connectivity index is 1.74. The zero-order valence-electron chi connectivity index (χ0n) is 9.28. The first-order chi connectivity index (χ1) is 7.34. The molecule has 1 saturated heterocycles. The maximum absolute atomic E-state index is 4.31. The van der Waals surface area contributed by atoms with Gasteiger partial charge in [-0.15, -0.1) is 11.3 Å². The summed E-state index contributed by atoms with van der Waals surface area (Å²) in [5.41, 5.74) is 0. The minimum Gasteiger partial charge on any atom is -0.313 e. The van der Waals surface area contributed by atoms with E-state index in [1.165, 1.54) is 30.8 Å². The molecule has 1 aromatic rings. The van der Waals surface area contributed by atoms with Crippen LogP contribution in [0.3, 0.4) is 0 Å².